The van der Waals surface area contributed by atoms with Crippen molar-refractivity contribution in [2.75, 3.05) is 20.8 Å². The molecule has 1 fully saturated rings. The Kier molecular flexibility index (Phi) is 8.22. The normalized spacial score (nSPS) is 29.1. The molecule has 1 heterocycles. The Morgan fingerprint density at radius 2 is 1.68 bits per heavy atom. The molecule has 1 saturated heterocycles. The van der Waals surface area contributed by atoms with Gasteiger partial charge in [-0.2, -0.15) is 0 Å². The van der Waals surface area contributed by atoms with E-state index in [2.05, 4.69) is 33.9 Å². The number of aliphatic hydroxyl groups excluding tert-OH is 1. The van der Waals surface area contributed by atoms with E-state index in [0.717, 1.165) is 5.56 Å². The first-order valence-corrected chi connectivity index (χ1v) is 12.7. The summed E-state index contributed by atoms with van der Waals surface area (Å²) in [5, 5.41) is 10.9. The Bertz CT molecular complexity index is 588. The maximum atomic E-state index is 10.9. The van der Waals surface area contributed by atoms with Crippen LogP contribution < -0.4 is 0 Å². The fraction of sp³-hybridized carbons (Fsp3) is 0.714. The lowest BCUT2D eigenvalue weighted by Gasteiger charge is -2.44. The van der Waals surface area contributed by atoms with Gasteiger partial charge in [-0.15, -0.1) is 0 Å². The van der Waals surface area contributed by atoms with Crippen LogP contribution in [0.5, 0.6) is 0 Å². The van der Waals surface area contributed by atoms with E-state index in [-0.39, 0.29) is 5.04 Å². The predicted molar refractivity (Wildman–Crippen MR) is 111 cm³/mol. The largest absolute Gasteiger partial charge is 0.414 e. The van der Waals surface area contributed by atoms with Crippen molar-refractivity contribution in [1.82, 2.24) is 0 Å². The van der Waals surface area contributed by atoms with Crippen LogP contribution in [0.4, 0.5) is 0 Å². The van der Waals surface area contributed by atoms with Gasteiger partial charge in [0.25, 0.3) is 0 Å². The number of benzene rings is 1. The molecule has 0 aromatic heterocycles. The highest BCUT2D eigenvalue weighted by atomic mass is 28.4. The molecule has 7 heteroatoms. The second-order valence-electron chi connectivity index (χ2n) is 8.80. The van der Waals surface area contributed by atoms with E-state index in [1.165, 1.54) is 0 Å². The Labute approximate surface area is 170 Å². The summed E-state index contributed by atoms with van der Waals surface area (Å²) >= 11 is 0. The fourth-order valence-electron chi connectivity index (χ4n) is 2.94. The average Bonchev–Trinajstić information content (AvgIpc) is 2.65. The van der Waals surface area contributed by atoms with E-state index < -0.39 is 39.0 Å². The molecule has 1 N–H and O–H groups in total. The number of hydrogen-bond donors (Lipinski definition) is 1. The lowest BCUT2D eigenvalue weighted by Crippen LogP contribution is -2.61. The Morgan fingerprint density at radius 3 is 2.21 bits per heavy atom. The van der Waals surface area contributed by atoms with Crippen LogP contribution in [0.2, 0.25) is 18.1 Å². The molecule has 0 radical (unpaired) electrons. The molecule has 6 nitrogen and oxygen atoms in total. The topological polar surface area (TPSA) is 66.4 Å². The number of ether oxygens (including phenoxy) is 4. The smallest absolute Gasteiger partial charge is 0.192 e. The van der Waals surface area contributed by atoms with E-state index in [4.69, 9.17) is 23.4 Å². The minimum absolute atomic E-state index is 0.0786. The molecule has 1 aromatic rings. The molecule has 0 aliphatic carbocycles. The van der Waals surface area contributed by atoms with Crippen LogP contribution >= 0.6 is 0 Å². The third-order valence-corrected chi connectivity index (χ3v) is 10.3. The van der Waals surface area contributed by atoms with Crippen LogP contribution in [0.3, 0.4) is 0 Å². The van der Waals surface area contributed by atoms with Crippen molar-refractivity contribution in [2.45, 2.75) is 76.2 Å². The quantitative estimate of drug-likeness (QED) is 0.661. The minimum atomic E-state index is -1.96. The third kappa shape index (κ3) is 5.63. The zero-order valence-corrected chi connectivity index (χ0v) is 19.2. The highest BCUT2D eigenvalue weighted by Gasteiger charge is 2.48. The van der Waals surface area contributed by atoms with Gasteiger partial charge < -0.3 is 28.5 Å². The van der Waals surface area contributed by atoms with Gasteiger partial charge in [-0.1, -0.05) is 51.1 Å². The summed E-state index contributed by atoms with van der Waals surface area (Å²) in [6.45, 7) is 11.6. The molecule has 0 amide bonds. The van der Waals surface area contributed by atoms with Gasteiger partial charge in [0.2, 0.25) is 0 Å². The van der Waals surface area contributed by atoms with Crippen LogP contribution in [-0.2, 0) is 30.0 Å². The molecular formula is C21H36O6Si. The molecule has 1 aliphatic rings. The third-order valence-electron chi connectivity index (χ3n) is 5.82. The summed E-state index contributed by atoms with van der Waals surface area (Å²) in [5.41, 5.74) is 1.03. The highest BCUT2D eigenvalue weighted by Crippen LogP contribution is 2.37. The minimum Gasteiger partial charge on any atom is -0.414 e. The van der Waals surface area contributed by atoms with Gasteiger partial charge in [0.15, 0.2) is 14.6 Å². The van der Waals surface area contributed by atoms with Gasteiger partial charge in [-0.3, -0.25) is 0 Å². The van der Waals surface area contributed by atoms with E-state index in [1.54, 1.807) is 14.2 Å². The Hall–Kier alpha value is -0.803. The lowest BCUT2D eigenvalue weighted by molar-refractivity contribution is -0.308. The number of methoxy groups -OCH3 is 2. The van der Waals surface area contributed by atoms with Gasteiger partial charge in [-0.05, 0) is 23.7 Å². The molecule has 0 unspecified atom stereocenters. The maximum Gasteiger partial charge on any atom is 0.192 e. The van der Waals surface area contributed by atoms with Crippen LogP contribution in [0.25, 0.3) is 0 Å². The van der Waals surface area contributed by atoms with Crippen LogP contribution in [-0.4, -0.2) is 65.0 Å². The Balaban J connectivity index is 2.05. The van der Waals surface area contributed by atoms with Crippen LogP contribution in [0.1, 0.15) is 26.3 Å². The van der Waals surface area contributed by atoms with E-state index >= 15 is 0 Å². The van der Waals surface area contributed by atoms with Crippen LogP contribution in [0.15, 0.2) is 30.3 Å². The van der Waals surface area contributed by atoms with Crippen molar-refractivity contribution in [3.8, 4) is 0 Å². The molecule has 0 saturated carbocycles. The van der Waals surface area contributed by atoms with Crippen molar-refractivity contribution < 1.29 is 28.5 Å². The lowest BCUT2D eigenvalue weighted by atomic mass is 9.99. The first kappa shape index (κ1) is 23.5. The molecule has 1 aromatic carbocycles. The van der Waals surface area contributed by atoms with Crippen molar-refractivity contribution in [3.63, 3.8) is 0 Å². The van der Waals surface area contributed by atoms with Gasteiger partial charge >= 0.3 is 0 Å². The maximum absolute atomic E-state index is 10.9. The monoisotopic (exact) mass is 412 g/mol. The summed E-state index contributed by atoms with van der Waals surface area (Å²) in [6.07, 6.45) is -3.18. The molecule has 5 atom stereocenters. The average molecular weight is 413 g/mol. The van der Waals surface area contributed by atoms with Crippen molar-refractivity contribution in [3.05, 3.63) is 35.9 Å². The molecule has 0 spiro atoms. The van der Waals surface area contributed by atoms with E-state index in [0.29, 0.717) is 13.2 Å². The second-order valence-corrected chi connectivity index (χ2v) is 13.6. The van der Waals surface area contributed by atoms with Crippen molar-refractivity contribution >= 4 is 8.32 Å². The number of aliphatic hydroxyl groups is 1. The summed E-state index contributed by atoms with van der Waals surface area (Å²) in [7, 11) is 1.17. The zero-order chi connectivity index (χ0) is 20.9. The summed E-state index contributed by atoms with van der Waals surface area (Å²) in [6, 6.07) is 9.85. The number of hydrogen-bond acceptors (Lipinski definition) is 6. The van der Waals surface area contributed by atoms with Gasteiger partial charge in [0.1, 0.15) is 24.4 Å². The highest BCUT2D eigenvalue weighted by molar-refractivity contribution is 6.74. The summed E-state index contributed by atoms with van der Waals surface area (Å²) < 4.78 is 29.4. The summed E-state index contributed by atoms with van der Waals surface area (Å²) in [4.78, 5) is 0. The van der Waals surface area contributed by atoms with Crippen molar-refractivity contribution in [1.29, 1.82) is 0 Å². The molecule has 0 bridgehead atoms. The predicted octanol–water partition coefficient (Wildman–Crippen LogP) is 3.34. The molecule has 1 aliphatic heterocycles. The second kappa shape index (κ2) is 9.80. The first-order chi connectivity index (χ1) is 13.1. The van der Waals surface area contributed by atoms with Gasteiger partial charge in [0.05, 0.1) is 13.2 Å². The first-order valence-electron chi connectivity index (χ1n) is 9.79. The molecule has 160 valence electrons. The zero-order valence-electron chi connectivity index (χ0n) is 18.2. The molecular weight excluding hydrogens is 376 g/mol. The van der Waals surface area contributed by atoms with Gasteiger partial charge in [0, 0.05) is 14.2 Å². The van der Waals surface area contributed by atoms with Crippen LogP contribution in [0, 0.1) is 0 Å². The van der Waals surface area contributed by atoms with E-state index in [9.17, 15) is 5.11 Å². The molecule has 28 heavy (non-hydrogen) atoms. The SMILES string of the molecule is CO[C@H]1O[C@H](CO[Si](C)(C)C(C)(C)C)[C@@H](O)[C@H](OC)[C@H]1OCc1ccccc1. The fourth-order valence-corrected chi connectivity index (χ4v) is 3.95. The molecule has 2 rings (SSSR count). The standard InChI is InChI=1S/C21H36O6Si/c1-21(2,3)28(6,7)26-14-16-17(22)18(23-4)19(20(24-5)27-16)25-13-15-11-9-8-10-12-15/h8-12,16-20,22H,13-14H2,1-7H3/t16-,17-,18+,19-,20+/m1/s1. The number of rotatable bonds is 8. The van der Waals surface area contributed by atoms with Gasteiger partial charge in [-0.25, -0.2) is 0 Å². The summed E-state index contributed by atoms with van der Waals surface area (Å²) in [5.74, 6) is 0. The van der Waals surface area contributed by atoms with E-state index in [1.807, 2.05) is 30.3 Å². The Morgan fingerprint density at radius 1 is 1.04 bits per heavy atom. The van der Waals surface area contributed by atoms with Crippen molar-refractivity contribution in [2.24, 2.45) is 0 Å².